The molecule has 0 spiro atoms. The Hall–Kier alpha value is -2.35. The summed E-state index contributed by atoms with van der Waals surface area (Å²) in [5.74, 6) is -0.303. The Morgan fingerprint density at radius 3 is 2.48 bits per heavy atom. The second-order valence-electron chi connectivity index (χ2n) is 6.74. The van der Waals surface area contributed by atoms with Crippen molar-refractivity contribution in [2.24, 2.45) is 0 Å². The Labute approximate surface area is 177 Å². The number of hydrogen-bond acceptors (Lipinski definition) is 4. The molecule has 0 heterocycles. The van der Waals surface area contributed by atoms with E-state index in [1.54, 1.807) is 36.4 Å². The number of carbonyl (C=O) groups is 1. The maximum Gasteiger partial charge on any atom is 0.264 e. The summed E-state index contributed by atoms with van der Waals surface area (Å²) in [6.45, 7) is 5.11. The summed E-state index contributed by atoms with van der Waals surface area (Å²) in [5, 5.41) is 3.33. The number of hydrogen-bond donors (Lipinski definition) is 1. The number of nitrogens with one attached hydrogen (secondary N) is 1. The lowest BCUT2D eigenvalue weighted by molar-refractivity contribution is 0.0952. The molecule has 0 aliphatic rings. The summed E-state index contributed by atoms with van der Waals surface area (Å²) < 4.78 is 27.7. The van der Waals surface area contributed by atoms with Crippen molar-refractivity contribution in [3.63, 3.8) is 0 Å². The summed E-state index contributed by atoms with van der Waals surface area (Å²) in [6.07, 6.45) is 2.31. The predicted molar refractivity (Wildman–Crippen MR) is 118 cm³/mol. The van der Waals surface area contributed by atoms with Gasteiger partial charge in [-0.1, -0.05) is 23.7 Å². The van der Waals surface area contributed by atoms with E-state index in [0.717, 1.165) is 13.0 Å². The molecule has 1 N–H and O–H groups in total. The Bertz CT molecular complexity index is 944. The van der Waals surface area contributed by atoms with Crippen LogP contribution in [0, 0.1) is 0 Å². The summed E-state index contributed by atoms with van der Waals surface area (Å²) in [7, 11) is 0.0390. The Morgan fingerprint density at radius 2 is 1.86 bits per heavy atom. The summed E-state index contributed by atoms with van der Waals surface area (Å²) >= 11 is 5.91. The highest BCUT2D eigenvalue weighted by Gasteiger charge is 2.25. The number of nitrogens with zero attached hydrogens (tertiary/aromatic N) is 2. The highest BCUT2D eigenvalue weighted by Crippen LogP contribution is 2.25. The molecule has 0 atom stereocenters. The smallest absolute Gasteiger partial charge is 0.264 e. The van der Waals surface area contributed by atoms with Crippen LogP contribution in [0.4, 0.5) is 5.69 Å². The minimum Gasteiger partial charge on any atom is -0.352 e. The van der Waals surface area contributed by atoms with E-state index in [4.69, 9.17) is 11.6 Å². The molecule has 0 saturated carbocycles. The minimum absolute atomic E-state index is 0.0373. The molecule has 0 aromatic heterocycles. The van der Waals surface area contributed by atoms with E-state index in [1.165, 1.54) is 22.5 Å². The molecule has 0 fully saturated rings. The van der Waals surface area contributed by atoms with E-state index in [2.05, 4.69) is 11.9 Å². The summed E-state index contributed by atoms with van der Waals surface area (Å²) in [4.78, 5) is 14.5. The molecule has 156 valence electrons. The van der Waals surface area contributed by atoms with E-state index in [0.29, 0.717) is 22.8 Å². The molecule has 2 rings (SSSR count). The largest absolute Gasteiger partial charge is 0.352 e. The third-order valence-electron chi connectivity index (χ3n) is 4.16. The van der Waals surface area contributed by atoms with Crippen LogP contribution >= 0.6 is 11.6 Å². The highest BCUT2D eigenvalue weighted by molar-refractivity contribution is 7.92. The number of amides is 1. The quantitative estimate of drug-likeness (QED) is 0.458. The molecule has 0 bridgehead atoms. The van der Waals surface area contributed by atoms with Crippen molar-refractivity contribution >= 4 is 33.2 Å². The molecule has 0 saturated heterocycles. The second-order valence-corrected chi connectivity index (χ2v) is 9.04. The van der Waals surface area contributed by atoms with Gasteiger partial charge < -0.3 is 10.2 Å². The van der Waals surface area contributed by atoms with Crippen molar-refractivity contribution < 1.29 is 13.2 Å². The average molecular weight is 436 g/mol. The fourth-order valence-electron chi connectivity index (χ4n) is 2.69. The first-order valence-corrected chi connectivity index (χ1v) is 11.0. The van der Waals surface area contributed by atoms with Crippen molar-refractivity contribution in [3.05, 3.63) is 71.8 Å². The van der Waals surface area contributed by atoms with E-state index in [1.807, 2.05) is 19.0 Å². The molecule has 8 heteroatoms. The van der Waals surface area contributed by atoms with E-state index < -0.39 is 10.0 Å². The average Bonchev–Trinajstić information content (AvgIpc) is 2.70. The van der Waals surface area contributed by atoms with Crippen molar-refractivity contribution in [2.45, 2.75) is 11.3 Å². The SMILES string of the molecule is C=CCN(c1ccc(Cl)cc1)S(=O)(=O)c1cccc(C(=O)NCCCN(C)C)c1. The number of sulfonamides is 1. The van der Waals surface area contributed by atoms with Crippen LogP contribution in [0.15, 0.2) is 66.1 Å². The fourth-order valence-corrected chi connectivity index (χ4v) is 4.30. The zero-order valence-electron chi connectivity index (χ0n) is 16.6. The zero-order valence-corrected chi connectivity index (χ0v) is 18.2. The van der Waals surface area contributed by atoms with Gasteiger partial charge >= 0.3 is 0 Å². The minimum atomic E-state index is -3.89. The first-order chi connectivity index (χ1) is 13.8. The molecule has 2 aromatic carbocycles. The fraction of sp³-hybridized carbons (Fsp3) is 0.286. The predicted octanol–water partition coefficient (Wildman–Crippen LogP) is 3.40. The van der Waals surface area contributed by atoms with Gasteiger partial charge in [0.25, 0.3) is 15.9 Å². The van der Waals surface area contributed by atoms with Gasteiger partial charge in [0.2, 0.25) is 0 Å². The van der Waals surface area contributed by atoms with Crippen molar-refractivity contribution in [2.75, 3.05) is 38.0 Å². The topological polar surface area (TPSA) is 69.7 Å². The molecule has 6 nitrogen and oxygen atoms in total. The van der Waals surface area contributed by atoms with E-state index in [9.17, 15) is 13.2 Å². The van der Waals surface area contributed by atoms with Gasteiger partial charge in [0.1, 0.15) is 0 Å². The third-order valence-corrected chi connectivity index (χ3v) is 6.20. The van der Waals surface area contributed by atoms with Gasteiger partial charge in [0.15, 0.2) is 0 Å². The van der Waals surface area contributed by atoms with Gasteiger partial charge in [-0.15, -0.1) is 6.58 Å². The molecule has 29 heavy (non-hydrogen) atoms. The van der Waals surface area contributed by atoms with Gasteiger partial charge in [0, 0.05) is 17.1 Å². The van der Waals surface area contributed by atoms with Crippen molar-refractivity contribution in [1.29, 1.82) is 0 Å². The Balaban J connectivity index is 2.24. The molecular weight excluding hydrogens is 410 g/mol. The number of anilines is 1. The van der Waals surface area contributed by atoms with Crippen molar-refractivity contribution in [1.82, 2.24) is 10.2 Å². The van der Waals surface area contributed by atoms with Crippen LogP contribution < -0.4 is 9.62 Å². The molecule has 0 unspecified atom stereocenters. The maximum atomic E-state index is 13.2. The van der Waals surface area contributed by atoms with Crippen LogP contribution in [-0.2, 0) is 10.0 Å². The van der Waals surface area contributed by atoms with Crippen LogP contribution in [0.5, 0.6) is 0 Å². The molecule has 2 aromatic rings. The summed E-state index contributed by atoms with van der Waals surface area (Å²) in [5.41, 5.74) is 0.762. The Kier molecular flexibility index (Phi) is 8.25. The summed E-state index contributed by atoms with van der Waals surface area (Å²) in [6, 6.07) is 12.5. The zero-order chi connectivity index (χ0) is 21.4. The van der Waals surface area contributed by atoms with Gasteiger partial charge in [-0.2, -0.15) is 0 Å². The van der Waals surface area contributed by atoms with Crippen LogP contribution in [0.25, 0.3) is 0 Å². The van der Waals surface area contributed by atoms with Crippen LogP contribution in [0.1, 0.15) is 16.8 Å². The first-order valence-electron chi connectivity index (χ1n) is 9.18. The van der Waals surface area contributed by atoms with Crippen LogP contribution in [0.3, 0.4) is 0 Å². The van der Waals surface area contributed by atoms with Crippen LogP contribution in [0.2, 0.25) is 5.02 Å². The molecule has 0 aliphatic carbocycles. The lowest BCUT2D eigenvalue weighted by Crippen LogP contribution is -2.31. The second kappa shape index (κ2) is 10.4. The maximum absolute atomic E-state index is 13.2. The number of rotatable bonds is 10. The van der Waals surface area contributed by atoms with Gasteiger partial charge in [0.05, 0.1) is 17.1 Å². The van der Waals surface area contributed by atoms with Gasteiger partial charge in [-0.05, 0) is 69.5 Å². The van der Waals surface area contributed by atoms with Gasteiger partial charge in [-0.25, -0.2) is 8.42 Å². The molecule has 0 aliphatic heterocycles. The van der Waals surface area contributed by atoms with Crippen molar-refractivity contribution in [3.8, 4) is 0 Å². The molecular formula is C21H26ClN3O3S. The van der Waals surface area contributed by atoms with E-state index >= 15 is 0 Å². The highest BCUT2D eigenvalue weighted by atomic mass is 35.5. The first kappa shape index (κ1) is 22.9. The number of carbonyl (C=O) groups excluding carboxylic acids is 1. The normalized spacial score (nSPS) is 11.3. The number of benzene rings is 2. The molecule has 1 amide bonds. The monoisotopic (exact) mass is 435 g/mol. The van der Waals surface area contributed by atoms with Crippen LogP contribution in [-0.4, -0.2) is 53.0 Å². The Morgan fingerprint density at radius 1 is 1.17 bits per heavy atom. The molecule has 0 radical (unpaired) electrons. The third kappa shape index (κ3) is 6.32. The lowest BCUT2D eigenvalue weighted by Gasteiger charge is -2.23. The van der Waals surface area contributed by atoms with E-state index in [-0.39, 0.29) is 17.3 Å². The number of halogens is 1. The van der Waals surface area contributed by atoms with Gasteiger partial charge in [-0.3, -0.25) is 9.10 Å². The standard InChI is InChI=1S/C21H26ClN3O3S/c1-4-14-25(19-11-9-18(22)10-12-19)29(27,28)20-8-5-7-17(16-20)21(26)23-13-6-15-24(2)3/h4-5,7-12,16H,1,6,13-15H2,2-3H3,(H,23,26). The lowest BCUT2D eigenvalue weighted by atomic mass is 10.2.